The molecule has 0 fully saturated rings. The molecule has 0 amide bonds. The molecule has 0 spiro atoms. The van der Waals surface area contributed by atoms with E-state index < -0.39 is 0 Å². The molecule has 2 rings (SSSR count). The summed E-state index contributed by atoms with van der Waals surface area (Å²) in [6.45, 7) is 0. The first-order valence-electron chi connectivity index (χ1n) is 5.86. The minimum Gasteiger partial charge on any atom is -0.455 e. The lowest BCUT2D eigenvalue weighted by Gasteiger charge is -2.13. The number of nitrogens with two attached hydrogens (primary N) is 1. The number of nitrogens with one attached hydrogen (secondary N) is 2. The fraction of sp³-hybridized carbons (Fsp3) is 0.0714. The Labute approximate surface area is 112 Å². The Hall–Kier alpha value is -2.53. The summed E-state index contributed by atoms with van der Waals surface area (Å²) < 4.78 is 5.81. The molecule has 0 aliphatic rings. The number of anilines is 1. The Morgan fingerprint density at radius 1 is 1.05 bits per heavy atom. The van der Waals surface area contributed by atoms with Gasteiger partial charge in [0.2, 0.25) is 5.96 Å². The van der Waals surface area contributed by atoms with Crippen LogP contribution in [0.5, 0.6) is 11.5 Å². The van der Waals surface area contributed by atoms with E-state index in [4.69, 9.17) is 10.6 Å². The molecule has 0 aliphatic carbocycles. The Bertz CT molecular complexity index is 554. The summed E-state index contributed by atoms with van der Waals surface area (Å²) in [5, 5.41) is 3.06. The number of hydrazine groups is 1. The molecule has 4 N–H and O–H groups in total. The van der Waals surface area contributed by atoms with Crippen molar-refractivity contribution in [2.24, 2.45) is 10.8 Å². The smallest absolute Gasteiger partial charge is 0.210 e. The minimum atomic E-state index is 0.462. The zero-order valence-corrected chi connectivity index (χ0v) is 10.6. The summed E-state index contributed by atoms with van der Waals surface area (Å²) in [6.07, 6.45) is 0. The van der Waals surface area contributed by atoms with Crippen LogP contribution in [-0.2, 0) is 0 Å². The van der Waals surface area contributed by atoms with E-state index in [2.05, 4.69) is 15.7 Å². The number of para-hydroxylation sites is 3. The third kappa shape index (κ3) is 3.46. The largest absolute Gasteiger partial charge is 0.455 e. The van der Waals surface area contributed by atoms with E-state index in [0.717, 1.165) is 11.4 Å². The van der Waals surface area contributed by atoms with Gasteiger partial charge in [0.1, 0.15) is 5.75 Å². The maximum Gasteiger partial charge on any atom is 0.210 e. The van der Waals surface area contributed by atoms with Crippen LogP contribution in [0.25, 0.3) is 0 Å². The average molecular weight is 256 g/mol. The number of rotatable bonds is 3. The summed E-state index contributed by atoms with van der Waals surface area (Å²) in [5.74, 6) is 7.28. The summed E-state index contributed by atoms with van der Waals surface area (Å²) in [6, 6.07) is 17.2. The van der Waals surface area contributed by atoms with Gasteiger partial charge in [-0.25, -0.2) is 5.84 Å². The first-order valence-corrected chi connectivity index (χ1v) is 5.86. The topological polar surface area (TPSA) is 71.7 Å². The molecule has 19 heavy (non-hydrogen) atoms. The van der Waals surface area contributed by atoms with Crippen LogP contribution in [0.1, 0.15) is 0 Å². The molecule has 0 saturated carbocycles. The Morgan fingerprint density at radius 2 is 1.74 bits per heavy atom. The van der Waals surface area contributed by atoms with E-state index in [9.17, 15) is 0 Å². The van der Waals surface area contributed by atoms with Crippen LogP contribution < -0.4 is 21.3 Å². The van der Waals surface area contributed by atoms with Gasteiger partial charge in [-0.3, -0.25) is 10.4 Å². The molecule has 2 aromatic rings. The van der Waals surface area contributed by atoms with Gasteiger partial charge >= 0.3 is 0 Å². The molecule has 0 bridgehead atoms. The first-order chi connectivity index (χ1) is 9.33. The van der Waals surface area contributed by atoms with Gasteiger partial charge in [0.15, 0.2) is 5.75 Å². The third-order valence-corrected chi connectivity index (χ3v) is 2.47. The van der Waals surface area contributed by atoms with Gasteiger partial charge in [0.05, 0.1) is 5.69 Å². The SMILES string of the molecule is CN=C(NN)Nc1ccccc1Oc1ccccc1. The van der Waals surface area contributed by atoms with Crippen molar-refractivity contribution in [2.45, 2.75) is 0 Å². The average Bonchev–Trinajstić information content (AvgIpc) is 2.47. The molecule has 5 nitrogen and oxygen atoms in total. The predicted molar refractivity (Wildman–Crippen MR) is 77.3 cm³/mol. The van der Waals surface area contributed by atoms with Gasteiger partial charge in [-0.2, -0.15) is 0 Å². The number of hydrogen-bond acceptors (Lipinski definition) is 3. The van der Waals surface area contributed by atoms with Gasteiger partial charge in [-0.05, 0) is 24.3 Å². The number of benzene rings is 2. The second kappa shape index (κ2) is 6.42. The van der Waals surface area contributed by atoms with Gasteiger partial charge in [0.25, 0.3) is 0 Å². The highest BCUT2D eigenvalue weighted by molar-refractivity contribution is 5.94. The highest BCUT2D eigenvalue weighted by atomic mass is 16.5. The summed E-state index contributed by atoms with van der Waals surface area (Å²) in [7, 11) is 1.64. The van der Waals surface area contributed by atoms with Crippen LogP contribution in [0.15, 0.2) is 59.6 Å². The van der Waals surface area contributed by atoms with Gasteiger partial charge in [0, 0.05) is 7.05 Å². The lowest BCUT2D eigenvalue weighted by Crippen LogP contribution is -2.36. The van der Waals surface area contributed by atoms with E-state index in [1.807, 2.05) is 54.6 Å². The third-order valence-electron chi connectivity index (χ3n) is 2.47. The standard InChI is InChI=1S/C14H16N4O/c1-16-14(18-15)17-12-9-5-6-10-13(12)19-11-7-3-2-4-8-11/h2-10H,15H2,1H3,(H2,16,17,18). The van der Waals surface area contributed by atoms with Gasteiger partial charge in [-0.15, -0.1) is 0 Å². The Balaban J connectivity index is 2.21. The lowest BCUT2D eigenvalue weighted by atomic mass is 10.3. The Kier molecular flexibility index (Phi) is 4.36. The van der Waals surface area contributed by atoms with Gasteiger partial charge < -0.3 is 10.1 Å². The summed E-state index contributed by atoms with van der Waals surface area (Å²) in [4.78, 5) is 3.96. The van der Waals surface area contributed by atoms with Crippen molar-refractivity contribution in [3.8, 4) is 11.5 Å². The number of nitrogens with zero attached hydrogens (tertiary/aromatic N) is 1. The van der Waals surface area contributed by atoms with E-state index in [-0.39, 0.29) is 0 Å². The molecule has 2 aromatic carbocycles. The zero-order chi connectivity index (χ0) is 13.5. The fourth-order valence-electron chi connectivity index (χ4n) is 1.56. The van der Waals surface area contributed by atoms with Crippen LogP contribution in [0.2, 0.25) is 0 Å². The normalized spacial score (nSPS) is 10.9. The molecule has 0 aromatic heterocycles. The van der Waals surface area contributed by atoms with Gasteiger partial charge in [-0.1, -0.05) is 30.3 Å². The fourth-order valence-corrected chi connectivity index (χ4v) is 1.56. The number of guanidine groups is 1. The predicted octanol–water partition coefficient (Wildman–Crippen LogP) is 2.34. The molecule has 0 atom stereocenters. The number of hydrogen-bond donors (Lipinski definition) is 3. The molecular weight excluding hydrogens is 240 g/mol. The van der Waals surface area contributed by atoms with Crippen molar-refractivity contribution in [3.05, 3.63) is 54.6 Å². The van der Waals surface area contributed by atoms with Crippen LogP contribution in [0, 0.1) is 0 Å². The second-order valence-corrected chi connectivity index (χ2v) is 3.75. The highest BCUT2D eigenvalue weighted by Crippen LogP contribution is 2.28. The number of ether oxygens (including phenoxy) is 1. The van der Waals surface area contributed by atoms with Crippen LogP contribution in [0.4, 0.5) is 5.69 Å². The maximum absolute atomic E-state index is 5.81. The van der Waals surface area contributed by atoms with Crippen molar-refractivity contribution in [1.82, 2.24) is 5.43 Å². The van der Waals surface area contributed by atoms with E-state index in [0.29, 0.717) is 11.7 Å². The van der Waals surface area contributed by atoms with E-state index in [1.54, 1.807) is 7.05 Å². The lowest BCUT2D eigenvalue weighted by molar-refractivity contribution is 0.485. The quantitative estimate of drug-likeness (QED) is 0.341. The number of aliphatic imine (C=N–C) groups is 1. The molecule has 0 unspecified atom stereocenters. The highest BCUT2D eigenvalue weighted by Gasteiger charge is 2.05. The van der Waals surface area contributed by atoms with Crippen molar-refractivity contribution in [2.75, 3.05) is 12.4 Å². The zero-order valence-electron chi connectivity index (χ0n) is 10.6. The molecular formula is C14H16N4O. The monoisotopic (exact) mass is 256 g/mol. The molecule has 0 heterocycles. The summed E-state index contributed by atoms with van der Waals surface area (Å²) in [5.41, 5.74) is 3.26. The first kappa shape index (κ1) is 12.9. The molecule has 0 saturated heterocycles. The van der Waals surface area contributed by atoms with Crippen LogP contribution in [0.3, 0.4) is 0 Å². The van der Waals surface area contributed by atoms with E-state index >= 15 is 0 Å². The van der Waals surface area contributed by atoms with Crippen LogP contribution >= 0.6 is 0 Å². The minimum absolute atomic E-state index is 0.462. The maximum atomic E-state index is 5.81. The van der Waals surface area contributed by atoms with Crippen molar-refractivity contribution >= 4 is 11.6 Å². The molecule has 98 valence electrons. The molecule has 0 aliphatic heterocycles. The second-order valence-electron chi connectivity index (χ2n) is 3.75. The van der Waals surface area contributed by atoms with Crippen molar-refractivity contribution in [3.63, 3.8) is 0 Å². The van der Waals surface area contributed by atoms with Crippen molar-refractivity contribution < 1.29 is 4.74 Å². The Morgan fingerprint density at radius 3 is 2.42 bits per heavy atom. The summed E-state index contributed by atoms with van der Waals surface area (Å²) >= 11 is 0. The van der Waals surface area contributed by atoms with Crippen LogP contribution in [-0.4, -0.2) is 13.0 Å². The molecule has 5 heteroatoms. The van der Waals surface area contributed by atoms with E-state index in [1.165, 1.54) is 0 Å². The van der Waals surface area contributed by atoms with Crippen molar-refractivity contribution in [1.29, 1.82) is 0 Å². The molecule has 0 radical (unpaired) electrons.